The van der Waals surface area contributed by atoms with E-state index in [2.05, 4.69) is 10.4 Å². The Morgan fingerprint density at radius 3 is 2.75 bits per heavy atom. The van der Waals surface area contributed by atoms with Crippen molar-refractivity contribution in [2.45, 2.75) is 32.7 Å². The van der Waals surface area contributed by atoms with Crippen molar-refractivity contribution in [3.63, 3.8) is 0 Å². The van der Waals surface area contributed by atoms with Crippen molar-refractivity contribution in [1.82, 2.24) is 15.1 Å². The normalized spacial score (nSPS) is 15.6. The maximum Gasteiger partial charge on any atom is 0.225 e. The molecule has 1 aliphatic heterocycles. The van der Waals surface area contributed by atoms with E-state index in [1.54, 1.807) is 0 Å². The summed E-state index contributed by atoms with van der Waals surface area (Å²) in [6, 6.07) is 15.4. The van der Waals surface area contributed by atoms with Gasteiger partial charge in [-0.25, -0.2) is 4.68 Å². The van der Waals surface area contributed by atoms with E-state index in [0.29, 0.717) is 18.1 Å². The van der Waals surface area contributed by atoms with E-state index >= 15 is 0 Å². The number of carbonyl (C=O) groups is 1. The fourth-order valence-electron chi connectivity index (χ4n) is 3.66. The fraction of sp³-hybridized carbons (Fsp3) is 0.273. The molecule has 28 heavy (non-hydrogen) atoms. The number of hydrogen-bond donors (Lipinski definition) is 1. The number of nitrogens with one attached hydrogen (secondary N) is 1. The molecule has 2 aromatic carbocycles. The highest BCUT2D eigenvalue weighted by molar-refractivity contribution is 6.30. The van der Waals surface area contributed by atoms with Crippen LogP contribution in [0.5, 0.6) is 5.75 Å². The molecule has 3 aromatic rings. The molecule has 0 radical (unpaired) electrons. The minimum atomic E-state index is -0.0237. The van der Waals surface area contributed by atoms with Crippen molar-refractivity contribution < 1.29 is 9.53 Å². The monoisotopic (exact) mass is 395 g/mol. The van der Waals surface area contributed by atoms with E-state index in [0.717, 1.165) is 40.4 Å². The summed E-state index contributed by atoms with van der Waals surface area (Å²) in [5, 5.41) is 8.46. The van der Waals surface area contributed by atoms with Crippen molar-refractivity contribution in [2.24, 2.45) is 0 Å². The largest absolute Gasteiger partial charge is 0.493 e. The highest BCUT2D eigenvalue weighted by Gasteiger charge is 2.24. The van der Waals surface area contributed by atoms with Gasteiger partial charge in [0.2, 0.25) is 5.91 Å². The standard InChI is InChI=1S/C22H22ClN3O2/c1-14-19(15(2)26(25-14)17-9-7-16(23)8-10-17)13-22(27)24-20-11-12-28-21-6-4-3-5-18(20)21/h3-10,20H,11-13H2,1-2H3,(H,24,27). The zero-order valence-corrected chi connectivity index (χ0v) is 16.7. The van der Waals surface area contributed by atoms with Crippen LogP contribution in [-0.2, 0) is 11.2 Å². The number of nitrogens with zero attached hydrogens (tertiary/aromatic N) is 2. The highest BCUT2D eigenvalue weighted by atomic mass is 35.5. The molecule has 6 heteroatoms. The molecule has 0 saturated heterocycles. The van der Waals surface area contributed by atoms with Crippen molar-refractivity contribution in [3.8, 4) is 11.4 Å². The smallest absolute Gasteiger partial charge is 0.225 e. The second-order valence-electron chi connectivity index (χ2n) is 7.01. The van der Waals surface area contributed by atoms with Crippen LogP contribution in [-0.4, -0.2) is 22.3 Å². The van der Waals surface area contributed by atoms with Gasteiger partial charge in [-0.1, -0.05) is 29.8 Å². The van der Waals surface area contributed by atoms with E-state index in [1.165, 1.54) is 0 Å². The van der Waals surface area contributed by atoms with Gasteiger partial charge < -0.3 is 10.1 Å². The van der Waals surface area contributed by atoms with Crippen LogP contribution < -0.4 is 10.1 Å². The molecule has 1 aromatic heterocycles. The zero-order chi connectivity index (χ0) is 19.7. The molecule has 0 spiro atoms. The number of para-hydroxylation sites is 1. The van der Waals surface area contributed by atoms with Gasteiger partial charge in [0.1, 0.15) is 5.75 Å². The molecule has 0 aliphatic carbocycles. The van der Waals surface area contributed by atoms with Gasteiger partial charge in [-0.05, 0) is 44.2 Å². The quantitative estimate of drug-likeness (QED) is 0.715. The summed E-state index contributed by atoms with van der Waals surface area (Å²) >= 11 is 5.98. The summed E-state index contributed by atoms with van der Waals surface area (Å²) in [7, 11) is 0. The number of halogens is 1. The third-order valence-corrected chi connectivity index (χ3v) is 5.40. The van der Waals surface area contributed by atoms with Crippen LogP contribution in [0.3, 0.4) is 0 Å². The third kappa shape index (κ3) is 3.62. The van der Waals surface area contributed by atoms with Gasteiger partial charge in [0.05, 0.1) is 30.5 Å². The number of carbonyl (C=O) groups excluding carboxylic acids is 1. The molecule has 0 fully saturated rings. The first-order chi connectivity index (χ1) is 13.5. The van der Waals surface area contributed by atoms with Crippen LogP contribution in [0.25, 0.3) is 5.69 Å². The molecule has 2 heterocycles. The molecule has 1 unspecified atom stereocenters. The molecule has 0 saturated carbocycles. The zero-order valence-electron chi connectivity index (χ0n) is 15.9. The third-order valence-electron chi connectivity index (χ3n) is 5.14. The average Bonchev–Trinajstić information content (AvgIpc) is 2.97. The Morgan fingerprint density at radius 1 is 1.21 bits per heavy atom. The molecule has 0 bridgehead atoms. The Kier molecular flexibility index (Phi) is 5.09. The molecule has 1 atom stereocenters. The molecular weight excluding hydrogens is 374 g/mol. The van der Waals surface area contributed by atoms with Gasteiger partial charge in [-0.2, -0.15) is 5.10 Å². The number of amides is 1. The van der Waals surface area contributed by atoms with E-state index in [-0.39, 0.29) is 11.9 Å². The van der Waals surface area contributed by atoms with Crippen molar-refractivity contribution >= 4 is 17.5 Å². The lowest BCUT2D eigenvalue weighted by Crippen LogP contribution is -2.33. The molecular formula is C22H22ClN3O2. The molecule has 5 nitrogen and oxygen atoms in total. The first-order valence-electron chi connectivity index (χ1n) is 9.35. The van der Waals surface area contributed by atoms with Gasteiger partial charge in [0.25, 0.3) is 0 Å². The van der Waals surface area contributed by atoms with Gasteiger partial charge in [0.15, 0.2) is 0 Å². The van der Waals surface area contributed by atoms with Crippen LogP contribution >= 0.6 is 11.6 Å². The number of fused-ring (bicyclic) bond motifs is 1. The van der Waals surface area contributed by atoms with Crippen molar-refractivity contribution in [2.75, 3.05) is 6.61 Å². The lowest BCUT2D eigenvalue weighted by Gasteiger charge is -2.26. The minimum Gasteiger partial charge on any atom is -0.493 e. The lowest BCUT2D eigenvalue weighted by molar-refractivity contribution is -0.121. The van der Waals surface area contributed by atoms with E-state index in [4.69, 9.17) is 16.3 Å². The number of aryl methyl sites for hydroxylation is 1. The summed E-state index contributed by atoms with van der Waals surface area (Å²) < 4.78 is 7.54. The van der Waals surface area contributed by atoms with Crippen LogP contribution in [0.2, 0.25) is 5.02 Å². The number of aromatic nitrogens is 2. The SMILES string of the molecule is Cc1nn(-c2ccc(Cl)cc2)c(C)c1CC(=O)NC1CCOc2ccccc21. The summed E-state index contributed by atoms with van der Waals surface area (Å²) in [6.45, 7) is 4.53. The van der Waals surface area contributed by atoms with Crippen molar-refractivity contribution in [3.05, 3.63) is 76.1 Å². The molecule has 144 valence electrons. The van der Waals surface area contributed by atoms with Gasteiger partial charge in [-0.15, -0.1) is 0 Å². The second kappa shape index (κ2) is 7.68. The van der Waals surface area contributed by atoms with Gasteiger partial charge in [-0.3, -0.25) is 4.79 Å². The first kappa shape index (κ1) is 18.6. The summed E-state index contributed by atoms with van der Waals surface area (Å²) in [5.41, 5.74) is 4.73. The van der Waals surface area contributed by atoms with Crippen LogP contribution in [0.1, 0.15) is 35.0 Å². The summed E-state index contributed by atoms with van der Waals surface area (Å²) in [5.74, 6) is 0.838. The number of ether oxygens (including phenoxy) is 1. The lowest BCUT2D eigenvalue weighted by atomic mass is 10.00. The molecule has 1 amide bonds. The Labute approximate surface area is 169 Å². The first-order valence-corrected chi connectivity index (χ1v) is 9.73. The maximum absolute atomic E-state index is 12.8. The highest BCUT2D eigenvalue weighted by Crippen LogP contribution is 2.31. The number of hydrogen-bond acceptors (Lipinski definition) is 3. The summed E-state index contributed by atoms with van der Waals surface area (Å²) in [4.78, 5) is 12.8. The van der Waals surface area contributed by atoms with E-state index < -0.39 is 0 Å². The maximum atomic E-state index is 12.8. The molecule has 1 aliphatic rings. The van der Waals surface area contributed by atoms with Crippen LogP contribution in [0.4, 0.5) is 0 Å². The topological polar surface area (TPSA) is 56.2 Å². The summed E-state index contributed by atoms with van der Waals surface area (Å²) in [6.07, 6.45) is 1.07. The fourth-order valence-corrected chi connectivity index (χ4v) is 3.79. The minimum absolute atomic E-state index is 0.0106. The second-order valence-corrected chi connectivity index (χ2v) is 7.45. The average molecular weight is 396 g/mol. The predicted molar refractivity (Wildman–Crippen MR) is 109 cm³/mol. The molecule has 4 rings (SSSR count). The Morgan fingerprint density at radius 2 is 1.96 bits per heavy atom. The van der Waals surface area contributed by atoms with Crippen LogP contribution in [0, 0.1) is 13.8 Å². The number of benzene rings is 2. The van der Waals surface area contributed by atoms with Gasteiger partial charge in [0, 0.05) is 28.3 Å². The molecule has 1 N–H and O–H groups in total. The van der Waals surface area contributed by atoms with E-state index in [9.17, 15) is 4.79 Å². The van der Waals surface area contributed by atoms with E-state index in [1.807, 2.05) is 67.1 Å². The van der Waals surface area contributed by atoms with Crippen LogP contribution in [0.15, 0.2) is 48.5 Å². The van der Waals surface area contributed by atoms with Crippen molar-refractivity contribution in [1.29, 1.82) is 0 Å². The van der Waals surface area contributed by atoms with Gasteiger partial charge >= 0.3 is 0 Å². The Hall–Kier alpha value is -2.79. The Balaban J connectivity index is 1.52. The Bertz CT molecular complexity index is 1010. The predicted octanol–water partition coefficient (Wildman–Crippen LogP) is 4.33. The number of rotatable bonds is 4.